The first-order valence-corrected chi connectivity index (χ1v) is 9.25. The number of benzene rings is 1. The summed E-state index contributed by atoms with van der Waals surface area (Å²) in [7, 11) is 0. The van der Waals surface area contributed by atoms with E-state index in [2.05, 4.69) is 25.7 Å². The highest BCUT2D eigenvalue weighted by Crippen LogP contribution is 2.22. The van der Waals surface area contributed by atoms with Crippen molar-refractivity contribution < 1.29 is 9.59 Å². The van der Waals surface area contributed by atoms with Crippen LogP contribution in [-0.2, 0) is 4.79 Å². The predicted octanol–water partition coefficient (Wildman–Crippen LogP) is 2.62. The molecule has 0 bridgehead atoms. The third-order valence-corrected chi connectivity index (χ3v) is 4.86. The average molecular weight is 343 g/mol. The summed E-state index contributed by atoms with van der Waals surface area (Å²) in [5.41, 5.74) is 1.89. The summed E-state index contributed by atoms with van der Waals surface area (Å²) in [5.74, 6) is 0.267. The van der Waals surface area contributed by atoms with Crippen LogP contribution < -0.4 is 4.90 Å². The Morgan fingerprint density at radius 3 is 2.16 bits per heavy atom. The van der Waals surface area contributed by atoms with Gasteiger partial charge in [0.1, 0.15) is 0 Å². The molecule has 25 heavy (non-hydrogen) atoms. The van der Waals surface area contributed by atoms with Gasteiger partial charge in [0.25, 0.3) is 5.91 Å². The van der Waals surface area contributed by atoms with Crippen molar-refractivity contribution in [3.8, 4) is 0 Å². The zero-order valence-electron chi connectivity index (χ0n) is 15.6. The fraction of sp³-hybridized carbons (Fsp3) is 0.600. The van der Waals surface area contributed by atoms with Crippen molar-refractivity contribution in [1.29, 1.82) is 0 Å². The highest BCUT2D eigenvalue weighted by molar-refractivity contribution is 5.97. The first-order chi connectivity index (χ1) is 11.8. The zero-order chi connectivity index (χ0) is 18.0. The number of nitrogens with zero attached hydrogens (tertiary/aromatic N) is 3. The molecular weight excluding hydrogens is 314 g/mol. The van der Waals surface area contributed by atoms with E-state index >= 15 is 0 Å². The lowest BCUT2D eigenvalue weighted by Gasteiger charge is -2.37. The number of piperazine rings is 1. The number of carbonyl (C=O) groups excluding carboxylic acids is 2. The molecule has 1 aromatic carbocycles. The van der Waals surface area contributed by atoms with Crippen molar-refractivity contribution >= 4 is 17.5 Å². The van der Waals surface area contributed by atoms with Crippen molar-refractivity contribution in [2.75, 3.05) is 44.2 Å². The smallest absolute Gasteiger partial charge is 0.253 e. The molecule has 0 unspecified atom stereocenters. The maximum atomic E-state index is 12.7. The molecule has 2 fully saturated rings. The van der Waals surface area contributed by atoms with E-state index in [1.165, 1.54) is 0 Å². The molecule has 2 aliphatic heterocycles. The van der Waals surface area contributed by atoms with E-state index in [1.54, 1.807) is 4.90 Å². The van der Waals surface area contributed by atoms with Crippen LogP contribution in [0.5, 0.6) is 0 Å². The van der Waals surface area contributed by atoms with Crippen molar-refractivity contribution in [3.63, 3.8) is 0 Å². The lowest BCUT2D eigenvalue weighted by Crippen LogP contribution is -2.50. The number of hydrogen-bond donors (Lipinski definition) is 0. The first-order valence-electron chi connectivity index (χ1n) is 9.25. The molecule has 0 spiro atoms. The molecule has 2 saturated heterocycles. The van der Waals surface area contributed by atoms with Gasteiger partial charge >= 0.3 is 0 Å². The van der Waals surface area contributed by atoms with Crippen LogP contribution in [-0.4, -0.2) is 60.9 Å². The number of rotatable bonds is 3. The first kappa shape index (κ1) is 17.9. The molecular formula is C20H29N3O2. The Morgan fingerprint density at radius 1 is 1.00 bits per heavy atom. The SMILES string of the molecule is CC(C)(C)CN1CCN(C(=O)c2ccc(N3CCCC3=O)cc2)CC1. The van der Waals surface area contributed by atoms with E-state index in [1.807, 2.05) is 29.2 Å². The van der Waals surface area contributed by atoms with E-state index in [0.29, 0.717) is 12.0 Å². The Labute approximate surface area is 150 Å². The predicted molar refractivity (Wildman–Crippen MR) is 99.8 cm³/mol. The summed E-state index contributed by atoms with van der Waals surface area (Å²) in [6.07, 6.45) is 1.54. The van der Waals surface area contributed by atoms with E-state index in [0.717, 1.165) is 51.4 Å². The quantitative estimate of drug-likeness (QED) is 0.847. The fourth-order valence-corrected chi connectivity index (χ4v) is 3.67. The van der Waals surface area contributed by atoms with Gasteiger partial charge in [-0.1, -0.05) is 20.8 Å². The van der Waals surface area contributed by atoms with Crippen LogP contribution in [0.25, 0.3) is 0 Å². The molecule has 5 heteroatoms. The second-order valence-corrected chi connectivity index (χ2v) is 8.32. The van der Waals surface area contributed by atoms with E-state index < -0.39 is 0 Å². The zero-order valence-corrected chi connectivity index (χ0v) is 15.6. The van der Waals surface area contributed by atoms with Gasteiger partial charge in [-0.3, -0.25) is 14.5 Å². The maximum Gasteiger partial charge on any atom is 0.253 e. The van der Waals surface area contributed by atoms with Gasteiger partial charge in [-0.05, 0) is 36.1 Å². The van der Waals surface area contributed by atoms with Crippen LogP contribution >= 0.6 is 0 Å². The minimum Gasteiger partial charge on any atom is -0.336 e. The third kappa shape index (κ3) is 4.40. The summed E-state index contributed by atoms with van der Waals surface area (Å²) >= 11 is 0. The maximum absolute atomic E-state index is 12.7. The lowest BCUT2D eigenvalue weighted by molar-refractivity contribution is -0.117. The number of carbonyl (C=O) groups is 2. The fourth-order valence-electron chi connectivity index (χ4n) is 3.67. The topological polar surface area (TPSA) is 43.9 Å². The Kier molecular flexibility index (Phi) is 5.13. The summed E-state index contributed by atoms with van der Waals surface area (Å²) in [6.45, 7) is 12.0. The third-order valence-electron chi connectivity index (χ3n) is 4.86. The molecule has 2 heterocycles. The van der Waals surface area contributed by atoms with Crippen molar-refractivity contribution in [1.82, 2.24) is 9.80 Å². The van der Waals surface area contributed by atoms with Gasteiger partial charge in [-0.25, -0.2) is 0 Å². The van der Waals surface area contributed by atoms with Crippen LogP contribution in [0.15, 0.2) is 24.3 Å². The molecule has 0 aromatic heterocycles. The number of amides is 2. The van der Waals surface area contributed by atoms with Gasteiger partial charge in [0.2, 0.25) is 5.91 Å². The molecule has 5 nitrogen and oxygen atoms in total. The van der Waals surface area contributed by atoms with Crippen LogP contribution in [0, 0.1) is 5.41 Å². The number of hydrogen-bond acceptors (Lipinski definition) is 3. The summed E-state index contributed by atoms with van der Waals surface area (Å²) in [4.78, 5) is 30.7. The van der Waals surface area contributed by atoms with Crippen molar-refractivity contribution in [2.24, 2.45) is 5.41 Å². The summed E-state index contributed by atoms with van der Waals surface area (Å²) in [6, 6.07) is 7.49. The molecule has 0 saturated carbocycles. The minimum absolute atomic E-state index is 0.0923. The van der Waals surface area contributed by atoms with Crippen LogP contribution in [0.1, 0.15) is 44.0 Å². The molecule has 0 N–H and O–H groups in total. The van der Waals surface area contributed by atoms with Crippen LogP contribution in [0.4, 0.5) is 5.69 Å². The van der Waals surface area contributed by atoms with Gasteiger partial charge in [-0.2, -0.15) is 0 Å². The Morgan fingerprint density at radius 2 is 1.64 bits per heavy atom. The van der Waals surface area contributed by atoms with Gasteiger partial charge in [0.05, 0.1) is 0 Å². The van der Waals surface area contributed by atoms with E-state index in [9.17, 15) is 9.59 Å². The lowest BCUT2D eigenvalue weighted by atomic mass is 9.96. The molecule has 2 aliphatic rings. The van der Waals surface area contributed by atoms with Crippen LogP contribution in [0.3, 0.4) is 0 Å². The molecule has 0 aliphatic carbocycles. The molecule has 1 aromatic rings. The molecule has 2 amide bonds. The Hall–Kier alpha value is -1.88. The summed E-state index contributed by atoms with van der Waals surface area (Å²) in [5, 5.41) is 0. The Balaban J connectivity index is 1.58. The second kappa shape index (κ2) is 7.16. The largest absolute Gasteiger partial charge is 0.336 e. The van der Waals surface area contributed by atoms with Gasteiger partial charge in [-0.15, -0.1) is 0 Å². The minimum atomic E-state index is 0.0923. The van der Waals surface area contributed by atoms with E-state index in [4.69, 9.17) is 0 Å². The Bertz CT molecular complexity index is 625. The average Bonchev–Trinajstić information content (AvgIpc) is 3.00. The molecule has 3 rings (SSSR count). The molecule has 0 radical (unpaired) electrons. The highest BCUT2D eigenvalue weighted by Gasteiger charge is 2.25. The molecule has 0 atom stereocenters. The summed E-state index contributed by atoms with van der Waals surface area (Å²) < 4.78 is 0. The van der Waals surface area contributed by atoms with Gasteiger partial charge in [0.15, 0.2) is 0 Å². The normalized spacial score (nSPS) is 19.6. The van der Waals surface area contributed by atoms with Crippen molar-refractivity contribution in [3.05, 3.63) is 29.8 Å². The van der Waals surface area contributed by atoms with Gasteiger partial charge in [0, 0.05) is 56.9 Å². The van der Waals surface area contributed by atoms with E-state index in [-0.39, 0.29) is 17.2 Å². The molecule has 136 valence electrons. The number of anilines is 1. The highest BCUT2D eigenvalue weighted by atomic mass is 16.2. The van der Waals surface area contributed by atoms with Gasteiger partial charge < -0.3 is 9.80 Å². The van der Waals surface area contributed by atoms with Crippen LogP contribution in [0.2, 0.25) is 0 Å². The monoisotopic (exact) mass is 343 g/mol. The standard InChI is InChI=1S/C20H29N3O2/c1-20(2,3)15-21-11-13-22(14-12-21)19(25)16-6-8-17(9-7-16)23-10-4-5-18(23)24/h6-9H,4-5,10-15H2,1-3H3. The van der Waals surface area contributed by atoms with Crippen molar-refractivity contribution in [2.45, 2.75) is 33.6 Å². The second-order valence-electron chi connectivity index (χ2n) is 8.32.